The Kier molecular flexibility index (Phi) is 7.80. The number of oxime groups is 1. The molecule has 1 aromatic heterocycles. The average Bonchev–Trinajstić information content (AvgIpc) is 3.25. The highest BCUT2D eigenvalue weighted by molar-refractivity contribution is 7.92. The molecule has 35 heavy (non-hydrogen) atoms. The molecule has 0 aliphatic rings. The quantitative estimate of drug-likeness (QED) is 0.184. The Bertz CT molecular complexity index is 1340. The molecule has 0 amide bonds. The van der Waals surface area contributed by atoms with Gasteiger partial charge in [-0.05, 0) is 86.2 Å². The summed E-state index contributed by atoms with van der Waals surface area (Å²) >= 11 is 0. The monoisotopic (exact) mass is 499 g/mol. The lowest BCUT2D eigenvalue weighted by molar-refractivity contribution is 0.306. The maximum absolute atomic E-state index is 13.6. The SMILES string of the molecule is Cc1ccc(S(=O)(=O)N(CC(C)C)c2cc(C)c(C)cc2OCc2ccc(/C(N)=N\O)cc2C)o1. The first-order chi connectivity index (χ1) is 16.4. The summed E-state index contributed by atoms with van der Waals surface area (Å²) in [6, 6.07) is 12.2. The second-order valence-corrected chi connectivity index (χ2v) is 10.9. The van der Waals surface area contributed by atoms with Gasteiger partial charge in [0.25, 0.3) is 10.0 Å². The molecule has 0 bridgehead atoms. The number of aryl methyl sites for hydroxylation is 4. The van der Waals surface area contributed by atoms with Gasteiger partial charge in [0.05, 0.1) is 5.69 Å². The molecule has 0 aliphatic heterocycles. The van der Waals surface area contributed by atoms with Gasteiger partial charge < -0.3 is 20.1 Å². The molecule has 3 N–H and O–H groups in total. The summed E-state index contributed by atoms with van der Waals surface area (Å²) in [7, 11) is -3.95. The molecule has 1 heterocycles. The van der Waals surface area contributed by atoms with E-state index in [4.69, 9.17) is 20.1 Å². The minimum absolute atomic E-state index is 0.0275. The highest BCUT2D eigenvalue weighted by atomic mass is 32.2. The number of ether oxygens (including phenoxy) is 1. The van der Waals surface area contributed by atoms with Crippen molar-refractivity contribution in [2.45, 2.75) is 53.2 Å². The van der Waals surface area contributed by atoms with Gasteiger partial charge >= 0.3 is 0 Å². The molecule has 3 rings (SSSR count). The Hall–Kier alpha value is -3.46. The fraction of sp³-hybridized carbons (Fsp3) is 0.346. The van der Waals surface area contributed by atoms with Gasteiger partial charge in [0.2, 0.25) is 5.09 Å². The van der Waals surface area contributed by atoms with Crippen LogP contribution in [0.15, 0.2) is 57.1 Å². The summed E-state index contributed by atoms with van der Waals surface area (Å²) in [5.74, 6) is 1.07. The molecule has 0 saturated heterocycles. The highest BCUT2D eigenvalue weighted by Gasteiger charge is 2.31. The van der Waals surface area contributed by atoms with Gasteiger partial charge in [-0.2, -0.15) is 8.42 Å². The fourth-order valence-corrected chi connectivity index (χ4v) is 5.22. The molecule has 0 atom stereocenters. The minimum atomic E-state index is -3.95. The van der Waals surface area contributed by atoms with Crippen molar-refractivity contribution in [3.8, 4) is 5.75 Å². The smallest absolute Gasteiger partial charge is 0.297 e. The van der Waals surface area contributed by atoms with E-state index in [-0.39, 0.29) is 30.0 Å². The van der Waals surface area contributed by atoms with Crippen molar-refractivity contribution < 1.29 is 22.8 Å². The maximum Gasteiger partial charge on any atom is 0.297 e. The molecule has 0 saturated carbocycles. The van der Waals surface area contributed by atoms with Gasteiger partial charge in [0.1, 0.15) is 18.1 Å². The van der Waals surface area contributed by atoms with E-state index in [1.807, 2.05) is 58.9 Å². The van der Waals surface area contributed by atoms with E-state index in [2.05, 4.69) is 5.16 Å². The van der Waals surface area contributed by atoms with E-state index in [1.165, 1.54) is 10.4 Å². The molecule has 188 valence electrons. The van der Waals surface area contributed by atoms with E-state index in [0.717, 1.165) is 22.3 Å². The topological polar surface area (TPSA) is 118 Å². The molecule has 9 heteroatoms. The van der Waals surface area contributed by atoms with Crippen molar-refractivity contribution in [1.82, 2.24) is 0 Å². The lowest BCUT2D eigenvalue weighted by atomic mass is 10.0. The molecular formula is C26H33N3O5S. The number of nitrogens with zero attached hydrogens (tertiary/aromatic N) is 2. The van der Waals surface area contributed by atoms with E-state index >= 15 is 0 Å². The number of nitrogens with two attached hydrogens (primary N) is 1. The largest absolute Gasteiger partial charge is 0.487 e. The van der Waals surface area contributed by atoms with Crippen LogP contribution in [0, 0.1) is 33.6 Å². The number of hydrogen-bond donors (Lipinski definition) is 2. The first kappa shape index (κ1) is 26.2. The second-order valence-electron chi connectivity index (χ2n) is 9.11. The molecule has 8 nitrogen and oxygen atoms in total. The van der Waals surface area contributed by atoms with Crippen LogP contribution in [0.25, 0.3) is 0 Å². The molecule has 2 aromatic carbocycles. The number of hydrogen-bond acceptors (Lipinski definition) is 6. The zero-order valence-electron chi connectivity index (χ0n) is 21.0. The third-order valence-corrected chi connectivity index (χ3v) is 7.42. The van der Waals surface area contributed by atoms with Crippen molar-refractivity contribution >= 4 is 21.5 Å². The summed E-state index contributed by atoms with van der Waals surface area (Å²) in [5, 5.41) is 11.9. The predicted octanol–water partition coefficient (Wildman–Crippen LogP) is 5.04. The van der Waals surface area contributed by atoms with Crippen molar-refractivity contribution in [2.75, 3.05) is 10.8 Å². The lowest BCUT2D eigenvalue weighted by Gasteiger charge is -2.28. The van der Waals surface area contributed by atoms with Crippen molar-refractivity contribution in [2.24, 2.45) is 16.8 Å². The third-order valence-electron chi connectivity index (χ3n) is 5.76. The van der Waals surface area contributed by atoms with Crippen LogP contribution >= 0.6 is 0 Å². The highest BCUT2D eigenvalue weighted by Crippen LogP contribution is 2.36. The van der Waals surface area contributed by atoms with Crippen molar-refractivity contribution in [3.63, 3.8) is 0 Å². The number of sulfonamides is 1. The predicted molar refractivity (Wildman–Crippen MR) is 137 cm³/mol. The Labute approximate surface area is 207 Å². The number of anilines is 1. The Morgan fingerprint density at radius 3 is 2.31 bits per heavy atom. The van der Waals surface area contributed by atoms with Crippen LogP contribution in [-0.2, 0) is 16.6 Å². The molecule has 0 radical (unpaired) electrons. The van der Waals surface area contributed by atoms with Gasteiger partial charge in [-0.1, -0.05) is 31.1 Å². The molecule has 0 spiro atoms. The van der Waals surface area contributed by atoms with Gasteiger partial charge in [0, 0.05) is 12.1 Å². The van der Waals surface area contributed by atoms with Crippen LogP contribution in [0.1, 0.15) is 47.4 Å². The Balaban J connectivity index is 2.03. The van der Waals surface area contributed by atoms with Crippen LogP contribution < -0.4 is 14.8 Å². The van der Waals surface area contributed by atoms with E-state index in [9.17, 15) is 8.42 Å². The van der Waals surface area contributed by atoms with Crippen LogP contribution in [0.5, 0.6) is 5.75 Å². The third kappa shape index (κ3) is 5.79. The van der Waals surface area contributed by atoms with Gasteiger partial charge in [-0.3, -0.25) is 4.31 Å². The van der Waals surface area contributed by atoms with Gasteiger partial charge in [-0.15, -0.1) is 0 Å². The first-order valence-corrected chi connectivity index (χ1v) is 12.8. The lowest BCUT2D eigenvalue weighted by Crippen LogP contribution is -2.34. The summed E-state index contributed by atoms with van der Waals surface area (Å²) < 4.78 is 40.3. The molecule has 0 unspecified atom stereocenters. The van der Waals surface area contributed by atoms with E-state index in [0.29, 0.717) is 22.8 Å². The average molecular weight is 500 g/mol. The molecule has 0 aliphatic carbocycles. The standard InChI is InChI=1S/C26H33N3O5S/c1-16(2)14-29(35(31,32)25-10-7-20(6)34-25)23-12-17(3)18(4)13-24(23)33-15-22-9-8-21(11-19(22)5)26(27)28-30/h7-13,16,30H,14-15H2,1-6H3,(H2,27,28). The summed E-state index contributed by atoms with van der Waals surface area (Å²) in [4.78, 5) is 0. The number of amidine groups is 1. The molecule has 0 fully saturated rings. The van der Waals surface area contributed by atoms with Gasteiger partial charge in [0.15, 0.2) is 5.84 Å². The zero-order valence-corrected chi connectivity index (χ0v) is 21.8. The van der Waals surface area contributed by atoms with Crippen LogP contribution in [0.4, 0.5) is 5.69 Å². The summed E-state index contributed by atoms with van der Waals surface area (Å²) in [6.45, 7) is 11.9. The van der Waals surface area contributed by atoms with Crippen LogP contribution in [-0.4, -0.2) is 26.0 Å². The summed E-state index contributed by atoms with van der Waals surface area (Å²) in [5.41, 5.74) is 10.5. The Morgan fingerprint density at radius 1 is 1.06 bits per heavy atom. The normalized spacial score (nSPS) is 12.3. The van der Waals surface area contributed by atoms with Crippen LogP contribution in [0.2, 0.25) is 0 Å². The fourth-order valence-electron chi connectivity index (χ4n) is 3.63. The maximum atomic E-state index is 13.6. The second kappa shape index (κ2) is 10.4. The van der Waals surface area contributed by atoms with E-state index < -0.39 is 10.0 Å². The zero-order chi connectivity index (χ0) is 25.9. The first-order valence-electron chi connectivity index (χ1n) is 11.3. The van der Waals surface area contributed by atoms with Gasteiger partial charge in [-0.25, -0.2) is 0 Å². The van der Waals surface area contributed by atoms with Crippen LogP contribution in [0.3, 0.4) is 0 Å². The van der Waals surface area contributed by atoms with Crippen molar-refractivity contribution in [3.05, 3.63) is 76.0 Å². The molecular weight excluding hydrogens is 466 g/mol. The Morgan fingerprint density at radius 2 is 1.74 bits per heavy atom. The molecule has 3 aromatic rings. The minimum Gasteiger partial charge on any atom is -0.487 e. The summed E-state index contributed by atoms with van der Waals surface area (Å²) in [6.07, 6.45) is 0. The van der Waals surface area contributed by atoms with E-state index in [1.54, 1.807) is 19.1 Å². The number of benzene rings is 2. The number of rotatable bonds is 9. The van der Waals surface area contributed by atoms with Crippen molar-refractivity contribution in [1.29, 1.82) is 0 Å². The number of furan rings is 1.